The van der Waals surface area contributed by atoms with Gasteiger partial charge in [0.25, 0.3) is 6.47 Å². The van der Waals surface area contributed by atoms with E-state index in [2.05, 4.69) is 0 Å². The normalized spacial score (nSPS) is 3.00. The second kappa shape index (κ2) is 282. The summed E-state index contributed by atoms with van der Waals surface area (Å²) < 4.78 is 0. The number of hydrogen-bond donors (Lipinski definition) is 2. The van der Waals surface area contributed by atoms with Gasteiger partial charge in [0.05, 0.1) is 0 Å². The molecule has 0 fully saturated rings. The van der Waals surface area contributed by atoms with Gasteiger partial charge in [0, 0.05) is 7.11 Å². The molecule has 3 nitrogen and oxygen atoms in total. The Kier molecular flexibility index (Phi) is 848. The summed E-state index contributed by atoms with van der Waals surface area (Å²) in [6, 6.07) is 0. The summed E-state index contributed by atoms with van der Waals surface area (Å²) in [6.45, 7) is -0.250. The number of aliphatic hydroxyl groups is 1. The summed E-state index contributed by atoms with van der Waals surface area (Å²) >= 11 is 0. The third kappa shape index (κ3) is 62.3. The first-order chi connectivity index (χ1) is 2.41. The van der Waals surface area contributed by atoms with E-state index in [0.29, 0.717) is 0 Å². The molecule has 2 N–H and O–H groups in total. The van der Waals surface area contributed by atoms with Gasteiger partial charge in [-0.25, -0.2) is 0 Å². The largest absolute Gasteiger partial charge is 0.483 e. The first-order valence-electron chi connectivity index (χ1n) is 0.941. The second-order valence-electron chi connectivity index (χ2n) is 0.105. The van der Waals surface area contributed by atoms with Crippen molar-refractivity contribution in [3.8, 4) is 0 Å². The Morgan fingerprint density at radius 3 is 1.50 bits per heavy atom. The molecule has 0 aromatic rings. The third-order valence-electron chi connectivity index (χ3n) is 0. The molecule has 0 aliphatic carbocycles. The molecule has 40 valence electrons. The molecule has 0 radical (unpaired) electrons. The molecule has 0 bridgehead atoms. The van der Waals surface area contributed by atoms with Crippen molar-refractivity contribution in [1.29, 1.82) is 0 Å². The predicted molar refractivity (Wildman–Crippen MR) is 23.6 cm³/mol. The lowest BCUT2D eigenvalue weighted by atomic mass is 11.7. The fraction of sp³-hybridized carbons (Fsp3) is 0.667. The number of hydrogen-bond acceptors (Lipinski definition) is 2. The minimum absolute atomic E-state index is 0. The second-order valence-corrected chi connectivity index (χ2v) is 0.105. The van der Waals surface area contributed by atoms with Crippen LogP contribution in [0.3, 0.4) is 0 Å². The standard InChI is InChI=1S/CH2O2.CH4O.CH4/c2-1-3;1-2;/h1H,(H,2,3);2H,1H3;1H4. The average Bonchev–Trinajstić information content (AvgIpc) is 1.46. The number of carboxylic acid groups (broad SMARTS) is 1. The Labute approximate surface area is 37.2 Å². The molecule has 0 saturated carbocycles. The predicted octanol–water partition coefficient (Wildman–Crippen LogP) is -0.0546. The van der Waals surface area contributed by atoms with Crippen LogP contribution in [0.5, 0.6) is 0 Å². The molecular weight excluding hydrogens is 84.0 g/mol. The van der Waals surface area contributed by atoms with Crippen molar-refractivity contribution in [2.75, 3.05) is 7.11 Å². The van der Waals surface area contributed by atoms with Crippen LogP contribution in [0.25, 0.3) is 0 Å². The number of rotatable bonds is 0. The molecule has 0 aliphatic heterocycles. The molecular formula is C3H10O3. The molecule has 0 aromatic heterocycles. The Morgan fingerprint density at radius 1 is 1.50 bits per heavy atom. The lowest BCUT2D eigenvalue weighted by Gasteiger charge is -1.34. The Balaban J connectivity index is -0.0000000275. The van der Waals surface area contributed by atoms with Crippen LogP contribution in [0, 0.1) is 0 Å². The highest BCUT2D eigenvalue weighted by Gasteiger charge is 1.22. The van der Waals surface area contributed by atoms with Crippen LogP contribution in [-0.4, -0.2) is 23.8 Å². The van der Waals surface area contributed by atoms with Gasteiger partial charge in [-0.1, -0.05) is 7.43 Å². The molecule has 0 spiro atoms. The smallest absolute Gasteiger partial charge is 0.290 e. The minimum atomic E-state index is -0.250. The van der Waals surface area contributed by atoms with Crippen LogP contribution in [-0.2, 0) is 4.79 Å². The van der Waals surface area contributed by atoms with Crippen LogP contribution >= 0.6 is 0 Å². The van der Waals surface area contributed by atoms with Crippen molar-refractivity contribution in [3.05, 3.63) is 0 Å². The monoisotopic (exact) mass is 94.1 g/mol. The summed E-state index contributed by atoms with van der Waals surface area (Å²) in [4.78, 5) is 8.36. The van der Waals surface area contributed by atoms with Gasteiger partial charge in [0.2, 0.25) is 0 Å². The molecule has 0 unspecified atom stereocenters. The molecule has 0 aromatic carbocycles. The zero-order chi connectivity index (χ0) is 4.71. The fourth-order valence-electron chi connectivity index (χ4n) is 0. The van der Waals surface area contributed by atoms with E-state index in [0.717, 1.165) is 7.11 Å². The van der Waals surface area contributed by atoms with E-state index in [9.17, 15) is 0 Å². The van der Waals surface area contributed by atoms with Crippen molar-refractivity contribution >= 4 is 6.47 Å². The van der Waals surface area contributed by atoms with Gasteiger partial charge < -0.3 is 10.2 Å². The summed E-state index contributed by atoms with van der Waals surface area (Å²) in [6.07, 6.45) is 0. The van der Waals surface area contributed by atoms with Crippen LogP contribution in [0.1, 0.15) is 7.43 Å². The van der Waals surface area contributed by atoms with Crippen LogP contribution in [0.2, 0.25) is 0 Å². The van der Waals surface area contributed by atoms with Crippen molar-refractivity contribution in [2.24, 2.45) is 0 Å². The highest BCUT2D eigenvalue weighted by atomic mass is 16.3. The fourth-order valence-corrected chi connectivity index (χ4v) is 0. The molecule has 0 heterocycles. The van der Waals surface area contributed by atoms with E-state index < -0.39 is 0 Å². The maximum atomic E-state index is 8.36. The minimum Gasteiger partial charge on any atom is -0.483 e. The van der Waals surface area contributed by atoms with Gasteiger partial charge in [-0.2, -0.15) is 0 Å². The van der Waals surface area contributed by atoms with E-state index in [-0.39, 0.29) is 13.9 Å². The zero-order valence-electron chi connectivity index (χ0n) is 2.88. The third-order valence-corrected chi connectivity index (χ3v) is 0. The van der Waals surface area contributed by atoms with Crippen LogP contribution in [0.15, 0.2) is 0 Å². The molecule has 0 aliphatic rings. The van der Waals surface area contributed by atoms with E-state index in [4.69, 9.17) is 15.0 Å². The quantitative estimate of drug-likeness (QED) is 0.413. The summed E-state index contributed by atoms with van der Waals surface area (Å²) in [5.41, 5.74) is 0. The van der Waals surface area contributed by atoms with Gasteiger partial charge >= 0.3 is 0 Å². The van der Waals surface area contributed by atoms with Crippen molar-refractivity contribution in [1.82, 2.24) is 0 Å². The summed E-state index contributed by atoms with van der Waals surface area (Å²) in [5.74, 6) is 0. The number of carbonyl (C=O) groups is 1. The lowest BCUT2D eigenvalue weighted by molar-refractivity contribution is -0.122. The van der Waals surface area contributed by atoms with Gasteiger partial charge in [-0.05, 0) is 0 Å². The lowest BCUT2D eigenvalue weighted by Crippen LogP contribution is -1.49. The first kappa shape index (κ1) is 18.0. The molecule has 6 heavy (non-hydrogen) atoms. The number of aliphatic hydroxyl groups excluding tert-OH is 1. The Hall–Kier alpha value is -0.570. The topological polar surface area (TPSA) is 57.5 Å². The molecule has 0 amide bonds. The van der Waals surface area contributed by atoms with E-state index in [1.807, 2.05) is 0 Å². The highest BCUT2D eigenvalue weighted by molar-refractivity contribution is 5.32. The van der Waals surface area contributed by atoms with Crippen molar-refractivity contribution in [3.63, 3.8) is 0 Å². The summed E-state index contributed by atoms with van der Waals surface area (Å²) in [5, 5.41) is 13.9. The SMILES string of the molecule is C.CO.O=CO. The van der Waals surface area contributed by atoms with E-state index in [1.165, 1.54) is 0 Å². The molecule has 0 atom stereocenters. The van der Waals surface area contributed by atoms with Crippen molar-refractivity contribution < 1.29 is 15.0 Å². The maximum absolute atomic E-state index is 8.36. The highest BCUT2D eigenvalue weighted by Crippen LogP contribution is 0.966. The first-order valence-corrected chi connectivity index (χ1v) is 0.941. The van der Waals surface area contributed by atoms with Crippen molar-refractivity contribution in [2.45, 2.75) is 7.43 Å². The van der Waals surface area contributed by atoms with E-state index >= 15 is 0 Å². The van der Waals surface area contributed by atoms with Gasteiger partial charge in [0.1, 0.15) is 0 Å². The van der Waals surface area contributed by atoms with Gasteiger partial charge in [0.15, 0.2) is 0 Å². The summed E-state index contributed by atoms with van der Waals surface area (Å²) in [7, 11) is 1.00. The molecule has 0 rings (SSSR count). The molecule has 3 heteroatoms. The average molecular weight is 94.1 g/mol. The van der Waals surface area contributed by atoms with E-state index in [1.54, 1.807) is 0 Å². The molecule has 0 saturated heterocycles. The van der Waals surface area contributed by atoms with Gasteiger partial charge in [-0.15, -0.1) is 0 Å². The van der Waals surface area contributed by atoms with Crippen LogP contribution in [0.4, 0.5) is 0 Å². The van der Waals surface area contributed by atoms with Crippen LogP contribution < -0.4 is 0 Å². The Morgan fingerprint density at radius 2 is 1.50 bits per heavy atom. The maximum Gasteiger partial charge on any atom is 0.290 e. The zero-order valence-corrected chi connectivity index (χ0v) is 2.88. The van der Waals surface area contributed by atoms with Gasteiger partial charge in [-0.3, -0.25) is 4.79 Å². The Bertz CT molecular complexity index is 13.5.